The molecule has 2 rings (SSSR count). The van der Waals surface area contributed by atoms with Crippen LogP contribution in [0, 0.1) is 0 Å². The maximum Gasteiger partial charge on any atom is 0.262 e. The van der Waals surface area contributed by atoms with Gasteiger partial charge in [-0.2, -0.15) is 0 Å². The summed E-state index contributed by atoms with van der Waals surface area (Å²) in [7, 11) is 0. The molecule has 0 spiro atoms. The highest BCUT2D eigenvalue weighted by Crippen LogP contribution is 2.13. The molecular weight excluding hydrogens is 304 g/mol. The molecule has 0 unspecified atom stereocenters. The zero-order chi connectivity index (χ0) is 15.9. The molecule has 0 bridgehead atoms. The standard InChI is InChI=1S/C14H18N4O3S/c1-2-5-15-12(20)8-16-11(19)3-6-18-9-17-13-10(14(18)21)4-7-22-13/h4,7,9H,2-3,5-6,8H2,1H3,(H,15,20)(H,16,19). The van der Waals surface area contributed by atoms with Crippen molar-refractivity contribution < 1.29 is 9.59 Å². The summed E-state index contributed by atoms with van der Waals surface area (Å²) in [6.07, 6.45) is 2.42. The second-order valence-electron chi connectivity index (χ2n) is 4.76. The Hall–Kier alpha value is -2.22. The molecule has 0 fully saturated rings. The lowest BCUT2D eigenvalue weighted by atomic mass is 10.3. The fraction of sp³-hybridized carbons (Fsp3) is 0.429. The Labute approximate surface area is 131 Å². The summed E-state index contributed by atoms with van der Waals surface area (Å²) in [6.45, 7) is 2.74. The number of carbonyl (C=O) groups is 2. The Bertz CT molecular complexity index is 722. The Morgan fingerprint density at radius 2 is 2.14 bits per heavy atom. The fourth-order valence-corrected chi connectivity index (χ4v) is 2.59. The molecule has 2 heterocycles. The second-order valence-corrected chi connectivity index (χ2v) is 5.65. The van der Waals surface area contributed by atoms with E-state index in [1.54, 1.807) is 6.07 Å². The third kappa shape index (κ3) is 4.14. The Morgan fingerprint density at radius 3 is 2.91 bits per heavy atom. The van der Waals surface area contributed by atoms with E-state index in [1.165, 1.54) is 22.2 Å². The molecule has 22 heavy (non-hydrogen) atoms. The Morgan fingerprint density at radius 1 is 1.32 bits per heavy atom. The minimum atomic E-state index is -0.274. The van der Waals surface area contributed by atoms with Gasteiger partial charge in [-0.25, -0.2) is 4.98 Å². The highest BCUT2D eigenvalue weighted by atomic mass is 32.1. The number of nitrogens with zero attached hydrogens (tertiary/aromatic N) is 2. The van der Waals surface area contributed by atoms with Gasteiger partial charge in [0.1, 0.15) is 4.83 Å². The van der Waals surface area contributed by atoms with Gasteiger partial charge < -0.3 is 10.6 Å². The molecular formula is C14H18N4O3S. The molecule has 0 aliphatic carbocycles. The number of fused-ring (bicyclic) bond motifs is 1. The first-order chi connectivity index (χ1) is 10.6. The van der Waals surface area contributed by atoms with Crippen molar-refractivity contribution in [3.05, 3.63) is 28.1 Å². The second kappa shape index (κ2) is 7.69. The van der Waals surface area contributed by atoms with E-state index in [-0.39, 0.29) is 36.9 Å². The van der Waals surface area contributed by atoms with Crippen LogP contribution in [0.2, 0.25) is 0 Å². The van der Waals surface area contributed by atoms with E-state index in [0.29, 0.717) is 16.8 Å². The molecule has 0 saturated carbocycles. The average molecular weight is 322 g/mol. The number of thiophene rings is 1. The summed E-state index contributed by atoms with van der Waals surface area (Å²) in [5.74, 6) is -0.488. The molecule has 2 N–H and O–H groups in total. The Balaban J connectivity index is 1.84. The minimum Gasteiger partial charge on any atom is -0.355 e. The van der Waals surface area contributed by atoms with Crippen LogP contribution in [0.1, 0.15) is 19.8 Å². The molecule has 2 aromatic rings. The van der Waals surface area contributed by atoms with Crippen LogP contribution in [0.15, 0.2) is 22.6 Å². The van der Waals surface area contributed by atoms with Crippen molar-refractivity contribution in [3.8, 4) is 0 Å². The summed E-state index contributed by atoms with van der Waals surface area (Å²) in [5, 5.41) is 7.57. The van der Waals surface area contributed by atoms with E-state index in [4.69, 9.17) is 0 Å². The van der Waals surface area contributed by atoms with E-state index in [2.05, 4.69) is 15.6 Å². The van der Waals surface area contributed by atoms with Crippen LogP contribution in [-0.2, 0) is 16.1 Å². The van der Waals surface area contributed by atoms with Crippen molar-refractivity contribution in [2.24, 2.45) is 0 Å². The van der Waals surface area contributed by atoms with Gasteiger partial charge in [0, 0.05) is 19.5 Å². The summed E-state index contributed by atoms with van der Waals surface area (Å²) >= 11 is 1.40. The van der Waals surface area contributed by atoms with Crippen LogP contribution in [0.25, 0.3) is 10.2 Å². The molecule has 2 amide bonds. The monoisotopic (exact) mass is 322 g/mol. The first-order valence-corrected chi connectivity index (χ1v) is 7.96. The van der Waals surface area contributed by atoms with E-state index in [1.807, 2.05) is 12.3 Å². The maximum atomic E-state index is 12.1. The predicted molar refractivity (Wildman–Crippen MR) is 84.8 cm³/mol. The van der Waals surface area contributed by atoms with Gasteiger partial charge in [0.05, 0.1) is 18.3 Å². The zero-order valence-corrected chi connectivity index (χ0v) is 13.1. The number of rotatable bonds is 7. The minimum absolute atomic E-state index is 0.0461. The summed E-state index contributed by atoms with van der Waals surface area (Å²) < 4.78 is 1.41. The highest BCUT2D eigenvalue weighted by molar-refractivity contribution is 7.16. The van der Waals surface area contributed by atoms with E-state index in [0.717, 1.165) is 6.42 Å². The first-order valence-electron chi connectivity index (χ1n) is 7.08. The van der Waals surface area contributed by atoms with Gasteiger partial charge in [-0.1, -0.05) is 6.92 Å². The average Bonchev–Trinajstić information content (AvgIpc) is 2.99. The fourth-order valence-electron chi connectivity index (χ4n) is 1.87. The largest absolute Gasteiger partial charge is 0.355 e. The molecule has 0 radical (unpaired) electrons. The summed E-state index contributed by atoms with van der Waals surface area (Å²) in [5.41, 5.74) is -0.153. The van der Waals surface area contributed by atoms with Crippen LogP contribution in [0.4, 0.5) is 0 Å². The topological polar surface area (TPSA) is 93.1 Å². The van der Waals surface area contributed by atoms with Gasteiger partial charge in [0.2, 0.25) is 11.8 Å². The third-order valence-electron chi connectivity index (χ3n) is 3.05. The SMILES string of the molecule is CCCNC(=O)CNC(=O)CCn1cnc2sccc2c1=O. The van der Waals surface area contributed by atoms with E-state index >= 15 is 0 Å². The zero-order valence-electron chi connectivity index (χ0n) is 12.3. The molecule has 0 aliphatic rings. The van der Waals surface area contributed by atoms with Crippen molar-refractivity contribution in [2.45, 2.75) is 26.3 Å². The van der Waals surface area contributed by atoms with Crippen molar-refractivity contribution >= 4 is 33.4 Å². The molecule has 118 valence electrons. The molecule has 0 saturated heterocycles. The van der Waals surface area contributed by atoms with Crippen LogP contribution in [-0.4, -0.2) is 34.5 Å². The lowest BCUT2D eigenvalue weighted by Crippen LogP contribution is -2.37. The lowest BCUT2D eigenvalue weighted by molar-refractivity contribution is -0.126. The first kappa shape index (κ1) is 16.2. The quantitative estimate of drug-likeness (QED) is 0.776. The number of hydrogen-bond acceptors (Lipinski definition) is 5. The van der Waals surface area contributed by atoms with Crippen LogP contribution in [0.5, 0.6) is 0 Å². The number of amides is 2. The van der Waals surface area contributed by atoms with Crippen LogP contribution < -0.4 is 16.2 Å². The van der Waals surface area contributed by atoms with Gasteiger partial charge in [-0.05, 0) is 17.9 Å². The van der Waals surface area contributed by atoms with Gasteiger partial charge in [-0.15, -0.1) is 11.3 Å². The van der Waals surface area contributed by atoms with Gasteiger partial charge in [-0.3, -0.25) is 19.0 Å². The number of aromatic nitrogens is 2. The number of aryl methyl sites for hydroxylation is 1. The van der Waals surface area contributed by atoms with Gasteiger partial charge in [0.25, 0.3) is 5.56 Å². The smallest absolute Gasteiger partial charge is 0.262 e. The number of nitrogens with one attached hydrogen (secondary N) is 2. The van der Waals surface area contributed by atoms with Crippen molar-refractivity contribution in [2.75, 3.05) is 13.1 Å². The van der Waals surface area contributed by atoms with Crippen LogP contribution >= 0.6 is 11.3 Å². The van der Waals surface area contributed by atoms with Crippen LogP contribution in [0.3, 0.4) is 0 Å². The van der Waals surface area contributed by atoms with Gasteiger partial charge >= 0.3 is 0 Å². The summed E-state index contributed by atoms with van der Waals surface area (Å²) in [6, 6.07) is 1.73. The van der Waals surface area contributed by atoms with Crippen molar-refractivity contribution in [1.29, 1.82) is 0 Å². The maximum absolute atomic E-state index is 12.1. The Kier molecular flexibility index (Phi) is 5.65. The molecule has 8 heteroatoms. The predicted octanol–water partition coefficient (Wildman–Crippen LogP) is 0.490. The van der Waals surface area contributed by atoms with Crippen molar-refractivity contribution in [3.63, 3.8) is 0 Å². The van der Waals surface area contributed by atoms with Crippen molar-refractivity contribution in [1.82, 2.24) is 20.2 Å². The summed E-state index contributed by atoms with van der Waals surface area (Å²) in [4.78, 5) is 40.0. The number of hydrogen-bond donors (Lipinski definition) is 2. The number of carbonyl (C=O) groups excluding carboxylic acids is 2. The molecule has 0 aliphatic heterocycles. The molecule has 2 aromatic heterocycles. The highest BCUT2D eigenvalue weighted by Gasteiger charge is 2.08. The van der Waals surface area contributed by atoms with Gasteiger partial charge in [0.15, 0.2) is 0 Å². The molecule has 7 nitrogen and oxygen atoms in total. The molecule has 0 aromatic carbocycles. The lowest BCUT2D eigenvalue weighted by Gasteiger charge is -2.07. The normalized spacial score (nSPS) is 10.6. The third-order valence-corrected chi connectivity index (χ3v) is 3.87. The van der Waals surface area contributed by atoms with E-state index < -0.39 is 0 Å². The molecule has 0 atom stereocenters. The van der Waals surface area contributed by atoms with E-state index in [9.17, 15) is 14.4 Å².